The summed E-state index contributed by atoms with van der Waals surface area (Å²) in [4.78, 5) is 4.51. The van der Waals surface area contributed by atoms with Crippen molar-refractivity contribution < 1.29 is 9.26 Å². The van der Waals surface area contributed by atoms with Crippen LogP contribution in [0.25, 0.3) is 11.4 Å². The molecular weight excluding hydrogens is 266 g/mol. The highest BCUT2D eigenvalue weighted by Crippen LogP contribution is 2.42. The van der Waals surface area contributed by atoms with Gasteiger partial charge in [0.25, 0.3) is 0 Å². The summed E-state index contributed by atoms with van der Waals surface area (Å²) in [5, 5.41) is 4.08. The topological polar surface area (TPSA) is 74.2 Å². The molecule has 1 aliphatic carbocycles. The Labute approximate surface area is 124 Å². The van der Waals surface area contributed by atoms with Gasteiger partial charge in [-0.3, -0.25) is 0 Å². The molecule has 0 bridgehead atoms. The molecule has 0 amide bonds. The first-order chi connectivity index (χ1) is 10.2. The van der Waals surface area contributed by atoms with Gasteiger partial charge in [-0.05, 0) is 43.9 Å². The van der Waals surface area contributed by atoms with Crippen molar-refractivity contribution >= 4 is 0 Å². The number of ether oxygens (including phenoxy) is 1. The zero-order valence-corrected chi connectivity index (χ0v) is 12.3. The number of hydrogen-bond donors (Lipinski definition) is 1. The largest absolute Gasteiger partial charge is 0.494 e. The van der Waals surface area contributed by atoms with Crippen molar-refractivity contribution in [1.82, 2.24) is 10.1 Å². The van der Waals surface area contributed by atoms with Crippen molar-refractivity contribution in [1.29, 1.82) is 0 Å². The maximum atomic E-state index is 5.88. The molecule has 1 aromatic heterocycles. The minimum Gasteiger partial charge on any atom is -0.494 e. The lowest BCUT2D eigenvalue weighted by atomic mass is 9.67. The number of benzene rings is 1. The minimum atomic E-state index is 0.178. The van der Waals surface area contributed by atoms with Gasteiger partial charge >= 0.3 is 0 Å². The smallest absolute Gasteiger partial charge is 0.227 e. The predicted molar refractivity (Wildman–Crippen MR) is 79.9 cm³/mol. The van der Waals surface area contributed by atoms with E-state index in [1.165, 1.54) is 6.42 Å². The first-order valence-electron chi connectivity index (χ1n) is 7.50. The van der Waals surface area contributed by atoms with Crippen LogP contribution in [-0.4, -0.2) is 23.3 Å². The second-order valence-corrected chi connectivity index (χ2v) is 5.71. The van der Waals surface area contributed by atoms with Crippen LogP contribution in [0.5, 0.6) is 5.75 Å². The fourth-order valence-electron chi connectivity index (χ4n) is 2.79. The van der Waals surface area contributed by atoms with Crippen LogP contribution in [0.4, 0.5) is 0 Å². The number of nitrogens with two attached hydrogens (primary N) is 1. The van der Waals surface area contributed by atoms with Gasteiger partial charge in [0.15, 0.2) is 0 Å². The Morgan fingerprint density at radius 1 is 1.38 bits per heavy atom. The molecule has 1 aliphatic rings. The lowest BCUT2D eigenvalue weighted by molar-refractivity contribution is 0.129. The minimum absolute atomic E-state index is 0.178. The van der Waals surface area contributed by atoms with Crippen molar-refractivity contribution in [2.75, 3.05) is 13.2 Å². The third kappa shape index (κ3) is 2.93. The third-order valence-electron chi connectivity index (χ3n) is 4.24. The van der Waals surface area contributed by atoms with E-state index in [4.69, 9.17) is 15.0 Å². The van der Waals surface area contributed by atoms with Crippen molar-refractivity contribution in [2.24, 2.45) is 11.1 Å². The van der Waals surface area contributed by atoms with Crippen LogP contribution in [0.3, 0.4) is 0 Å². The Balaban J connectivity index is 1.76. The second kappa shape index (κ2) is 5.85. The van der Waals surface area contributed by atoms with Crippen molar-refractivity contribution in [2.45, 2.75) is 32.6 Å². The molecule has 1 aromatic carbocycles. The highest BCUT2D eigenvalue weighted by Gasteiger charge is 2.37. The maximum absolute atomic E-state index is 5.88. The quantitative estimate of drug-likeness (QED) is 0.884. The second-order valence-electron chi connectivity index (χ2n) is 5.71. The molecule has 5 heteroatoms. The van der Waals surface area contributed by atoms with E-state index >= 15 is 0 Å². The number of rotatable bonds is 6. The van der Waals surface area contributed by atoms with Gasteiger partial charge in [-0.1, -0.05) is 23.7 Å². The molecule has 112 valence electrons. The molecule has 2 aromatic rings. The molecule has 0 aliphatic heterocycles. The summed E-state index contributed by atoms with van der Waals surface area (Å²) in [6, 6.07) is 7.74. The average molecular weight is 287 g/mol. The van der Waals surface area contributed by atoms with Crippen LogP contribution in [0.2, 0.25) is 0 Å². The molecule has 0 atom stereocenters. The van der Waals surface area contributed by atoms with Crippen molar-refractivity contribution in [3.05, 3.63) is 30.2 Å². The van der Waals surface area contributed by atoms with Gasteiger partial charge in [0.05, 0.1) is 6.61 Å². The zero-order valence-electron chi connectivity index (χ0n) is 12.3. The zero-order chi connectivity index (χ0) is 14.7. The fraction of sp³-hybridized carbons (Fsp3) is 0.500. The number of nitrogens with zero attached hydrogens (tertiary/aromatic N) is 2. The van der Waals surface area contributed by atoms with Crippen LogP contribution in [-0.2, 0) is 6.42 Å². The molecule has 1 heterocycles. The van der Waals surface area contributed by atoms with Crippen molar-refractivity contribution in [3.63, 3.8) is 0 Å². The highest BCUT2D eigenvalue weighted by atomic mass is 16.5. The third-order valence-corrected chi connectivity index (χ3v) is 4.24. The summed E-state index contributed by atoms with van der Waals surface area (Å²) in [7, 11) is 0. The molecule has 21 heavy (non-hydrogen) atoms. The number of hydrogen-bond acceptors (Lipinski definition) is 5. The Morgan fingerprint density at radius 3 is 2.90 bits per heavy atom. The monoisotopic (exact) mass is 287 g/mol. The van der Waals surface area contributed by atoms with E-state index in [0.717, 1.165) is 30.6 Å². The summed E-state index contributed by atoms with van der Waals surface area (Å²) in [5.41, 5.74) is 6.97. The van der Waals surface area contributed by atoms with Gasteiger partial charge in [0, 0.05) is 12.0 Å². The van der Waals surface area contributed by atoms with Gasteiger partial charge in [0.1, 0.15) is 5.75 Å². The standard InChI is InChI=1S/C16H21N3O2/c1-2-20-13-6-3-5-12(9-13)15-18-14(21-19-15)10-16(11-17)7-4-8-16/h3,5-6,9H,2,4,7-8,10-11,17H2,1H3. The van der Waals surface area contributed by atoms with Gasteiger partial charge in [0.2, 0.25) is 11.7 Å². The Hall–Kier alpha value is -1.88. The summed E-state index contributed by atoms with van der Waals surface area (Å²) < 4.78 is 10.9. The first kappa shape index (κ1) is 14.1. The van der Waals surface area contributed by atoms with Crippen LogP contribution in [0, 0.1) is 5.41 Å². The normalized spacial score (nSPS) is 16.5. The average Bonchev–Trinajstić information content (AvgIpc) is 2.92. The molecule has 5 nitrogen and oxygen atoms in total. The molecule has 0 unspecified atom stereocenters. The van der Waals surface area contributed by atoms with Gasteiger partial charge < -0.3 is 15.0 Å². The van der Waals surface area contributed by atoms with Crippen LogP contribution in [0.15, 0.2) is 28.8 Å². The van der Waals surface area contributed by atoms with Crippen LogP contribution < -0.4 is 10.5 Å². The number of aromatic nitrogens is 2. The Morgan fingerprint density at radius 2 is 2.24 bits per heavy atom. The van der Waals surface area contributed by atoms with Gasteiger partial charge in [-0.25, -0.2) is 0 Å². The van der Waals surface area contributed by atoms with Gasteiger partial charge in [-0.2, -0.15) is 4.98 Å². The van der Waals surface area contributed by atoms with E-state index < -0.39 is 0 Å². The van der Waals surface area contributed by atoms with Crippen molar-refractivity contribution in [3.8, 4) is 17.1 Å². The van der Waals surface area contributed by atoms with E-state index in [9.17, 15) is 0 Å². The molecule has 3 rings (SSSR count). The molecule has 0 spiro atoms. The molecule has 0 saturated heterocycles. The van der Waals surface area contributed by atoms with E-state index in [1.54, 1.807) is 0 Å². The Bertz CT molecular complexity index is 600. The summed E-state index contributed by atoms with van der Waals surface area (Å²) in [6.45, 7) is 3.29. The first-order valence-corrected chi connectivity index (χ1v) is 7.50. The molecule has 1 fully saturated rings. The summed E-state index contributed by atoms with van der Waals surface area (Å²) in [5.74, 6) is 2.11. The molecular formula is C16H21N3O2. The lowest BCUT2D eigenvalue weighted by Gasteiger charge is -2.39. The van der Waals surface area contributed by atoms with E-state index in [-0.39, 0.29) is 5.41 Å². The Kier molecular flexibility index (Phi) is 3.92. The predicted octanol–water partition coefficient (Wildman–Crippen LogP) is 2.81. The summed E-state index contributed by atoms with van der Waals surface area (Å²) >= 11 is 0. The van der Waals surface area contributed by atoms with Crippen LogP contribution >= 0.6 is 0 Å². The SMILES string of the molecule is CCOc1cccc(-c2noc(CC3(CN)CCC3)n2)c1. The maximum Gasteiger partial charge on any atom is 0.227 e. The fourth-order valence-corrected chi connectivity index (χ4v) is 2.79. The highest BCUT2D eigenvalue weighted by molar-refractivity contribution is 5.56. The summed E-state index contributed by atoms with van der Waals surface area (Å²) in [6.07, 6.45) is 4.33. The molecule has 1 saturated carbocycles. The van der Waals surface area contributed by atoms with E-state index in [0.29, 0.717) is 24.9 Å². The van der Waals surface area contributed by atoms with E-state index in [2.05, 4.69) is 10.1 Å². The van der Waals surface area contributed by atoms with E-state index in [1.807, 2.05) is 31.2 Å². The van der Waals surface area contributed by atoms with Crippen LogP contribution in [0.1, 0.15) is 32.1 Å². The lowest BCUT2D eigenvalue weighted by Crippen LogP contribution is -2.39. The van der Waals surface area contributed by atoms with Gasteiger partial charge in [-0.15, -0.1) is 0 Å². The molecule has 2 N–H and O–H groups in total. The molecule has 0 radical (unpaired) electrons.